The molecule has 0 atom stereocenters. The van der Waals surface area contributed by atoms with Gasteiger partial charge >= 0.3 is 0 Å². The standard InChI is InChI=1S/C18H16ClN5O2S/c19-14-4-6-15(7-5-14)27(25,26)23-11-9-22(10-12-23)18-16(13-20)24-8-2-1-3-17(24)21-18/h1-8H,9-12H2. The highest BCUT2D eigenvalue weighted by Gasteiger charge is 2.30. The maximum Gasteiger partial charge on any atom is 0.243 e. The van der Waals surface area contributed by atoms with Crippen molar-refractivity contribution in [1.29, 1.82) is 5.26 Å². The fourth-order valence-corrected chi connectivity index (χ4v) is 4.75. The third-order valence-electron chi connectivity index (χ3n) is 4.61. The van der Waals surface area contributed by atoms with E-state index in [1.165, 1.54) is 16.4 Å². The molecule has 0 saturated carbocycles. The highest BCUT2D eigenvalue weighted by atomic mass is 35.5. The van der Waals surface area contributed by atoms with Crippen molar-refractivity contribution in [3.63, 3.8) is 0 Å². The Bertz CT molecular complexity index is 1130. The van der Waals surface area contributed by atoms with Crippen LogP contribution < -0.4 is 4.90 Å². The average Bonchev–Trinajstić information content (AvgIpc) is 3.07. The Balaban J connectivity index is 1.56. The number of rotatable bonds is 3. The van der Waals surface area contributed by atoms with Crippen LogP contribution >= 0.6 is 11.6 Å². The van der Waals surface area contributed by atoms with Crippen molar-refractivity contribution in [2.45, 2.75) is 4.90 Å². The number of nitriles is 1. The van der Waals surface area contributed by atoms with Crippen LogP contribution in [-0.2, 0) is 10.0 Å². The molecular formula is C18H16ClN5O2S. The van der Waals surface area contributed by atoms with E-state index in [0.717, 1.165) is 0 Å². The fraction of sp³-hybridized carbons (Fsp3) is 0.222. The Morgan fingerprint density at radius 3 is 2.41 bits per heavy atom. The molecule has 0 aliphatic carbocycles. The van der Waals surface area contributed by atoms with Crippen molar-refractivity contribution in [2.24, 2.45) is 0 Å². The Morgan fingerprint density at radius 1 is 1.04 bits per heavy atom. The van der Waals surface area contributed by atoms with Crippen LogP contribution in [0.15, 0.2) is 53.6 Å². The third-order valence-corrected chi connectivity index (χ3v) is 6.77. The molecule has 0 amide bonds. The zero-order chi connectivity index (χ0) is 19.0. The van der Waals surface area contributed by atoms with Crippen LogP contribution in [0.2, 0.25) is 5.02 Å². The number of anilines is 1. The fourth-order valence-electron chi connectivity index (χ4n) is 3.20. The molecule has 3 heterocycles. The van der Waals surface area contributed by atoms with Crippen LogP contribution in [-0.4, -0.2) is 48.3 Å². The van der Waals surface area contributed by atoms with Crippen LogP contribution in [0.3, 0.4) is 0 Å². The van der Waals surface area contributed by atoms with E-state index in [-0.39, 0.29) is 4.90 Å². The summed E-state index contributed by atoms with van der Waals surface area (Å²) in [6, 6.07) is 13.9. The highest BCUT2D eigenvalue weighted by molar-refractivity contribution is 7.89. The molecule has 2 aromatic heterocycles. The van der Waals surface area contributed by atoms with Crippen molar-refractivity contribution < 1.29 is 8.42 Å². The molecule has 27 heavy (non-hydrogen) atoms. The largest absolute Gasteiger partial charge is 0.352 e. The molecule has 0 radical (unpaired) electrons. The quantitative estimate of drug-likeness (QED) is 0.673. The van der Waals surface area contributed by atoms with Gasteiger partial charge in [0.05, 0.1) is 4.90 Å². The first-order valence-electron chi connectivity index (χ1n) is 8.38. The second kappa shape index (κ2) is 6.85. The van der Waals surface area contributed by atoms with Crippen LogP contribution in [0.4, 0.5) is 5.82 Å². The molecule has 1 fully saturated rings. The SMILES string of the molecule is N#Cc1c(N2CCN(S(=O)(=O)c3ccc(Cl)cc3)CC2)nc2ccccn12. The molecule has 0 unspecified atom stereocenters. The normalized spacial score (nSPS) is 15.8. The van der Waals surface area contributed by atoms with E-state index < -0.39 is 10.0 Å². The average molecular weight is 402 g/mol. The number of halogens is 1. The van der Waals surface area contributed by atoms with Crippen molar-refractivity contribution in [1.82, 2.24) is 13.7 Å². The minimum atomic E-state index is -3.57. The molecule has 0 N–H and O–H groups in total. The predicted molar refractivity (Wildman–Crippen MR) is 102 cm³/mol. The number of nitrogens with zero attached hydrogens (tertiary/aromatic N) is 5. The maximum absolute atomic E-state index is 12.8. The third kappa shape index (κ3) is 3.14. The van der Waals surface area contributed by atoms with E-state index in [9.17, 15) is 13.7 Å². The lowest BCUT2D eigenvalue weighted by Crippen LogP contribution is -2.49. The zero-order valence-electron chi connectivity index (χ0n) is 14.3. The first-order chi connectivity index (χ1) is 13.0. The van der Waals surface area contributed by atoms with Gasteiger partial charge in [-0.15, -0.1) is 0 Å². The van der Waals surface area contributed by atoms with Gasteiger partial charge in [0.25, 0.3) is 0 Å². The number of fused-ring (bicyclic) bond motifs is 1. The first kappa shape index (κ1) is 17.8. The van der Waals surface area contributed by atoms with E-state index in [2.05, 4.69) is 11.1 Å². The Hall–Kier alpha value is -2.60. The summed E-state index contributed by atoms with van der Waals surface area (Å²) in [6.07, 6.45) is 1.80. The molecule has 1 aliphatic heterocycles. The van der Waals surface area contributed by atoms with Gasteiger partial charge in [-0.1, -0.05) is 17.7 Å². The molecule has 3 aromatic rings. The van der Waals surface area contributed by atoms with Crippen molar-refractivity contribution in [3.05, 3.63) is 59.4 Å². The molecule has 0 spiro atoms. The van der Waals surface area contributed by atoms with Crippen molar-refractivity contribution >= 4 is 33.1 Å². The second-order valence-corrected chi connectivity index (χ2v) is 8.54. The minimum absolute atomic E-state index is 0.228. The molecule has 0 bridgehead atoms. The second-order valence-electron chi connectivity index (χ2n) is 6.17. The molecule has 1 saturated heterocycles. The molecular weight excluding hydrogens is 386 g/mol. The number of imidazole rings is 1. The van der Waals surface area contributed by atoms with E-state index in [1.807, 2.05) is 23.1 Å². The number of benzene rings is 1. The summed E-state index contributed by atoms with van der Waals surface area (Å²) in [6.45, 7) is 1.57. The summed E-state index contributed by atoms with van der Waals surface area (Å²) in [7, 11) is -3.57. The van der Waals surface area contributed by atoms with Gasteiger partial charge in [-0.3, -0.25) is 4.40 Å². The van der Waals surface area contributed by atoms with Gasteiger partial charge in [0, 0.05) is 37.4 Å². The Labute approximate surface area is 162 Å². The maximum atomic E-state index is 12.8. The molecule has 1 aromatic carbocycles. The summed E-state index contributed by atoms with van der Waals surface area (Å²) in [5.74, 6) is 0.590. The summed E-state index contributed by atoms with van der Waals surface area (Å²) >= 11 is 5.85. The van der Waals surface area contributed by atoms with Crippen LogP contribution in [0.25, 0.3) is 5.65 Å². The smallest absolute Gasteiger partial charge is 0.243 e. The van der Waals surface area contributed by atoms with Gasteiger partial charge < -0.3 is 4.90 Å². The number of sulfonamides is 1. The van der Waals surface area contributed by atoms with E-state index >= 15 is 0 Å². The highest BCUT2D eigenvalue weighted by Crippen LogP contribution is 2.25. The van der Waals surface area contributed by atoms with Crippen molar-refractivity contribution in [2.75, 3.05) is 31.1 Å². The van der Waals surface area contributed by atoms with E-state index in [0.29, 0.717) is 48.4 Å². The lowest BCUT2D eigenvalue weighted by molar-refractivity contribution is 0.384. The lowest BCUT2D eigenvalue weighted by Gasteiger charge is -2.34. The van der Waals surface area contributed by atoms with Gasteiger partial charge in [0.15, 0.2) is 11.5 Å². The van der Waals surface area contributed by atoms with Crippen LogP contribution in [0.5, 0.6) is 0 Å². The van der Waals surface area contributed by atoms with Gasteiger partial charge in [0.1, 0.15) is 11.7 Å². The van der Waals surface area contributed by atoms with Crippen LogP contribution in [0, 0.1) is 11.3 Å². The monoisotopic (exact) mass is 401 g/mol. The molecule has 138 valence electrons. The Morgan fingerprint density at radius 2 is 1.74 bits per heavy atom. The molecule has 9 heteroatoms. The predicted octanol–water partition coefficient (Wildman–Crippen LogP) is 2.37. The summed E-state index contributed by atoms with van der Waals surface area (Å²) in [5, 5.41) is 10.0. The number of aromatic nitrogens is 2. The molecule has 1 aliphatic rings. The lowest BCUT2D eigenvalue weighted by atomic mass is 10.3. The summed E-state index contributed by atoms with van der Waals surface area (Å²) < 4.78 is 28.8. The topological polar surface area (TPSA) is 81.7 Å². The number of hydrogen-bond acceptors (Lipinski definition) is 5. The molecule has 4 rings (SSSR count). The summed E-state index contributed by atoms with van der Waals surface area (Å²) in [5.41, 5.74) is 1.15. The number of pyridine rings is 1. The van der Waals surface area contributed by atoms with Gasteiger partial charge in [0.2, 0.25) is 10.0 Å². The van der Waals surface area contributed by atoms with Crippen molar-refractivity contribution in [3.8, 4) is 6.07 Å². The zero-order valence-corrected chi connectivity index (χ0v) is 15.9. The van der Waals surface area contributed by atoms with Crippen LogP contribution in [0.1, 0.15) is 5.69 Å². The Kier molecular flexibility index (Phi) is 4.52. The van der Waals surface area contributed by atoms with E-state index in [4.69, 9.17) is 11.6 Å². The minimum Gasteiger partial charge on any atom is -0.352 e. The number of piperazine rings is 1. The first-order valence-corrected chi connectivity index (χ1v) is 10.2. The van der Waals surface area contributed by atoms with E-state index in [1.54, 1.807) is 22.7 Å². The molecule has 7 nitrogen and oxygen atoms in total. The van der Waals surface area contributed by atoms with Gasteiger partial charge in [-0.2, -0.15) is 9.57 Å². The van der Waals surface area contributed by atoms with Gasteiger partial charge in [-0.25, -0.2) is 13.4 Å². The number of hydrogen-bond donors (Lipinski definition) is 0. The van der Waals surface area contributed by atoms with Gasteiger partial charge in [-0.05, 0) is 36.4 Å². The summed E-state index contributed by atoms with van der Waals surface area (Å²) in [4.78, 5) is 6.73.